The summed E-state index contributed by atoms with van der Waals surface area (Å²) in [6, 6.07) is 1.52. The van der Waals surface area contributed by atoms with Crippen LogP contribution in [0.25, 0.3) is 0 Å². The van der Waals surface area contributed by atoms with Crippen LogP contribution in [0.1, 0.15) is 51.0 Å². The van der Waals surface area contributed by atoms with Gasteiger partial charge in [0.2, 0.25) is 0 Å². The van der Waals surface area contributed by atoms with E-state index in [1.165, 1.54) is 23.8 Å². The zero-order valence-corrected chi connectivity index (χ0v) is 13.7. The number of anilines is 1. The minimum atomic E-state index is -0.655. The maximum atomic E-state index is 11.3. The molecule has 0 saturated carbocycles. The van der Waals surface area contributed by atoms with Crippen molar-refractivity contribution >= 4 is 22.0 Å². The maximum absolute atomic E-state index is 11.3. The van der Waals surface area contributed by atoms with Crippen molar-refractivity contribution in [1.29, 1.82) is 0 Å². The lowest BCUT2D eigenvalue weighted by molar-refractivity contribution is -0.383. The minimum absolute atomic E-state index is 0.138. The molecule has 1 aliphatic rings. The van der Waals surface area contributed by atoms with Gasteiger partial charge in [-0.2, -0.15) is 0 Å². The first-order valence-electron chi connectivity index (χ1n) is 7.61. The third-order valence-electron chi connectivity index (χ3n) is 4.32. The average Bonchev–Trinajstić information content (AvgIpc) is 2.71. The molecule has 2 rings (SSSR count). The van der Waals surface area contributed by atoms with Crippen LogP contribution in [-0.2, 0) is 0 Å². The molecule has 1 fully saturated rings. The van der Waals surface area contributed by atoms with Gasteiger partial charge in [0.15, 0.2) is 5.00 Å². The van der Waals surface area contributed by atoms with Crippen molar-refractivity contribution in [3.63, 3.8) is 0 Å². The molecule has 118 valence electrons. The third kappa shape index (κ3) is 3.74. The lowest BCUT2D eigenvalue weighted by Crippen LogP contribution is -2.24. The fourth-order valence-corrected chi connectivity index (χ4v) is 4.06. The Morgan fingerprint density at radius 1 is 1.38 bits per heavy atom. The summed E-state index contributed by atoms with van der Waals surface area (Å²) in [5.74, 6) is 1.36. The number of hydrogen-bond acceptors (Lipinski definition) is 5. The van der Waals surface area contributed by atoms with E-state index in [9.17, 15) is 15.2 Å². The van der Waals surface area contributed by atoms with E-state index in [-0.39, 0.29) is 10.6 Å². The van der Waals surface area contributed by atoms with E-state index >= 15 is 0 Å². The first kappa shape index (κ1) is 16.2. The Hall–Kier alpha value is -1.14. The zero-order valence-electron chi connectivity index (χ0n) is 12.9. The summed E-state index contributed by atoms with van der Waals surface area (Å²) in [7, 11) is 0. The summed E-state index contributed by atoms with van der Waals surface area (Å²) in [6.45, 7) is 7.88. The van der Waals surface area contributed by atoms with Crippen LogP contribution in [0.15, 0.2) is 6.07 Å². The smallest absolute Gasteiger partial charge is 0.304 e. The van der Waals surface area contributed by atoms with Gasteiger partial charge in [-0.15, -0.1) is 11.3 Å². The number of thiophene rings is 1. The maximum Gasteiger partial charge on any atom is 0.304 e. The standard InChI is InChI=1S/C15H24N2O3S/c1-10(2)12-5-4-7-16(8-6-12)15-13(17(19)20)9-14(21-15)11(3)18/h9-12,18H,4-8H2,1-3H3/t11-,12?/m0/s1. The molecule has 6 heteroatoms. The van der Waals surface area contributed by atoms with E-state index < -0.39 is 6.10 Å². The van der Waals surface area contributed by atoms with Crippen molar-refractivity contribution < 1.29 is 10.0 Å². The fraction of sp³-hybridized carbons (Fsp3) is 0.733. The van der Waals surface area contributed by atoms with Gasteiger partial charge in [-0.3, -0.25) is 10.1 Å². The van der Waals surface area contributed by atoms with Crippen LogP contribution < -0.4 is 4.90 Å². The van der Waals surface area contributed by atoms with E-state index in [4.69, 9.17) is 0 Å². The van der Waals surface area contributed by atoms with Crippen molar-refractivity contribution in [3.05, 3.63) is 21.1 Å². The van der Waals surface area contributed by atoms with E-state index in [0.29, 0.717) is 21.7 Å². The van der Waals surface area contributed by atoms with Crippen molar-refractivity contribution in [2.24, 2.45) is 11.8 Å². The topological polar surface area (TPSA) is 66.6 Å². The molecule has 0 bridgehead atoms. The van der Waals surface area contributed by atoms with Crippen LogP contribution in [-0.4, -0.2) is 23.1 Å². The molecule has 1 unspecified atom stereocenters. The van der Waals surface area contributed by atoms with Crippen LogP contribution in [0.3, 0.4) is 0 Å². The molecule has 1 aromatic heterocycles. The SMILES string of the molecule is CC(C)C1CCCN(c2sc([C@H](C)O)cc2[N+](=O)[O-])CC1. The molecule has 0 aromatic carbocycles. The van der Waals surface area contributed by atoms with Gasteiger partial charge >= 0.3 is 5.69 Å². The second kappa shape index (κ2) is 6.75. The summed E-state index contributed by atoms with van der Waals surface area (Å²) in [6.07, 6.45) is 2.69. The first-order chi connectivity index (χ1) is 9.90. The highest BCUT2D eigenvalue weighted by Gasteiger charge is 2.27. The van der Waals surface area contributed by atoms with Gasteiger partial charge < -0.3 is 10.0 Å². The highest BCUT2D eigenvalue weighted by Crippen LogP contribution is 2.41. The van der Waals surface area contributed by atoms with Crippen LogP contribution in [0.5, 0.6) is 0 Å². The van der Waals surface area contributed by atoms with Gasteiger partial charge in [-0.05, 0) is 38.0 Å². The predicted molar refractivity (Wildman–Crippen MR) is 86.0 cm³/mol. The molecule has 0 amide bonds. The zero-order chi connectivity index (χ0) is 15.6. The molecule has 2 heterocycles. The van der Waals surface area contributed by atoms with Crippen molar-refractivity contribution in [2.75, 3.05) is 18.0 Å². The molecule has 0 spiro atoms. The number of rotatable bonds is 4. The lowest BCUT2D eigenvalue weighted by atomic mass is 9.89. The molecular weight excluding hydrogens is 288 g/mol. The number of aliphatic hydroxyl groups excluding tert-OH is 1. The van der Waals surface area contributed by atoms with Gasteiger partial charge in [-0.25, -0.2) is 0 Å². The largest absolute Gasteiger partial charge is 0.388 e. The van der Waals surface area contributed by atoms with Crippen LogP contribution in [0, 0.1) is 22.0 Å². The summed E-state index contributed by atoms with van der Waals surface area (Å²) in [5.41, 5.74) is 0.138. The van der Waals surface area contributed by atoms with E-state index in [0.717, 1.165) is 25.9 Å². The van der Waals surface area contributed by atoms with E-state index in [1.54, 1.807) is 6.92 Å². The summed E-state index contributed by atoms with van der Waals surface area (Å²) in [5, 5.41) is 21.7. The van der Waals surface area contributed by atoms with Gasteiger partial charge in [0, 0.05) is 24.0 Å². The quantitative estimate of drug-likeness (QED) is 0.674. The Balaban J connectivity index is 2.22. The lowest BCUT2D eigenvalue weighted by Gasteiger charge is -2.21. The van der Waals surface area contributed by atoms with E-state index in [2.05, 4.69) is 18.7 Å². The predicted octanol–water partition coefficient (Wildman–Crippen LogP) is 3.97. The molecule has 1 N–H and O–H groups in total. The Kier molecular flexibility index (Phi) is 5.22. The Morgan fingerprint density at radius 2 is 2.10 bits per heavy atom. The molecule has 0 radical (unpaired) electrons. The summed E-state index contributed by atoms with van der Waals surface area (Å²) < 4.78 is 0. The summed E-state index contributed by atoms with van der Waals surface area (Å²) in [4.78, 5) is 13.7. The third-order valence-corrected chi connectivity index (χ3v) is 5.68. The summed E-state index contributed by atoms with van der Waals surface area (Å²) >= 11 is 1.36. The Morgan fingerprint density at radius 3 is 2.67 bits per heavy atom. The van der Waals surface area contributed by atoms with Crippen LogP contribution in [0.4, 0.5) is 10.7 Å². The highest BCUT2D eigenvalue weighted by atomic mass is 32.1. The van der Waals surface area contributed by atoms with Crippen LogP contribution >= 0.6 is 11.3 Å². The monoisotopic (exact) mass is 312 g/mol. The second-order valence-electron chi connectivity index (χ2n) is 6.19. The number of aliphatic hydroxyl groups is 1. The van der Waals surface area contributed by atoms with Gasteiger partial charge in [0.25, 0.3) is 0 Å². The number of nitro groups is 1. The fourth-order valence-electron chi connectivity index (χ4n) is 2.94. The molecular formula is C15H24N2O3S. The first-order valence-corrected chi connectivity index (χ1v) is 8.43. The van der Waals surface area contributed by atoms with Gasteiger partial charge in [0.05, 0.1) is 11.0 Å². The van der Waals surface area contributed by atoms with Crippen LogP contribution in [0.2, 0.25) is 0 Å². The molecule has 0 aliphatic carbocycles. The van der Waals surface area contributed by atoms with Crippen molar-refractivity contribution in [1.82, 2.24) is 0 Å². The molecule has 2 atom stereocenters. The number of hydrogen-bond donors (Lipinski definition) is 1. The van der Waals surface area contributed by atoms with E-state index in [1.807, 2.05) is 0 Å². The normalized spacial score (nSPS) is 21.4. The highest BCUT2D eigenvalue weighted by molar-refractivity contribution is 7.16. The Bertz CT molecular complexity index is 499. The minimum Gasteiger partial charge on any atom is -0.388 e. The molecule has 5 nitrogen and oxygen atoms in total. The molecule has 21 heavy (non-hydrogen) atoms. The average molecular weight is 312 g/mol. The van der Waals surface area contributed by atoms with Crippen molar-refractivity contribution in [2.45, 2.75) is 46.1 Å². The molecule has 1 saturated heterocycles. The van der Waals surface area contributed by atoms with Gasteiger partial charge in [-0.1, -0.05) is 13.8 Å². The molecule has 1 aromatic rings. The second-order valence-corrected chi connectivity index (χ2v) is 7.26. The van der Waals surface area contributed by atoms with Crippen molar-refractivity contribution in [3.8, 4) is 0 Å². The Labute approximate surface area is 129 Å². The number of nitrogens with zero attached hydrogens (tertiary/aromatic N) is 2. The van der Waals surface area contributed by atoms with Gasteiger partial charge in [0.1, 0.15) is 0 Å². The molecule has 1 aliphatic heterocycles.